The highest BCUT2D eigenvalue weighted by atomic mass is 16.5. The van der Waals surface area contributed by atoms with E-state index in [1.165, 1.54) is 0 Å². The monoisotopic (exact) mass is 386 g/mol. The second kappa shape index (κ2) is 7.14. The Morgan fingerprint density at radius 2 is 1.83 bits per heavy atom. The molecule has 1 aliphatic carbocycles. The van der Waals surface area contributed by atoms with Crippen molar-refractivity contribution < 1.29 is 14.3 Å². The molecule has 0 unspecified atom stereocenters. The molecule has 0 fully saturated rings. The maximum Gasteiger partial charge on any atom is 0.205 e. The van der Waals surface area contributed by atoms with Crippen molar-refractivity contribution in [2.75, 3.05) is 0 Å². The van der Waals surface area contributed by atoms with E-state index in [1.54, 1.807) is 0 Å². The summed E-state index contributed by atoms with van der Waals surface area (Å²) in [5.74, 6) is 1.42. The van der Waals surface area contributed by atoms with Gasteiger partial charge in [-0.05, 0) is 35.2 Å². The molecule has 29 heavy (non-hydrogen) atoms. The smallest absolute Gasteiger partial charge is 0.205 e. The van der Waals surface area contributed by atoms with Crippen molar-refractivity contribution >= 4 is 5.78 Å². The molecule has 2 aromatic carbocycles. The number of carbonyl (C=O) groups excluding carboxylic acids is 1. The highest BCUT2D eigenvalue weighted by molar-refractivity contribution is 6.00. The van der Waals surface area contributed by atoms with E-state index in [1.807, 2.05) is 68.4 Å². The van der Waals surface area contributed by atoms with Crippen LogP contribution in [0.4, 0.5) is 0 Å². The lowest BCUT2D eigenvalue weighted by atomic mass is 9.70. The second-order valence-electron chi connectivity index (χ2n) is 8.19. The SMILES string of the molecule is CC1(C)CC(=O)C2=C(C1)OC(N)=C(C#N)[C@@H]2c1cccc(Oc2ccccc2)c1. The maximum atomic E-state index is 13.0. The molecule has 4 rings (SSSR count). The van der Waals surface area contributed by atoms with Gasteiger partial charge in [0.25, 0.3) is 0 Å². The molecule has 0 radical (unpaired) electrons. The Bertz CT molecular complexity index is 1070. The van der Waals surface area contributed by atoms with Crippen molar-refractivity contribution in [1.82, 2.24) is 0 Å². The standard InChI is InChI=1S/C24H22N2O3/c1-24(2)12-19(27)22-20(13-24)29-23(26)18(14-25)21(22)15-7-6-10-17(11-15)28-16-8-4-3-5-9-16/h3-11,21H,12-13,26H2,1-2H3/t21-/m0/s1. The highest BCUT2D eigenvalue weighted by Gasteiger charge is 2.43. The molecule has 1 heterocycles. The number of benzene rings is 2. The number of hydrogen-bond donors (Lipinski definition) is 1. The number of rotatable bonds is 3. The lowest BCUT2D eigenvalue weighted by molar-refractivity contribution is -0.119. The number of ketones is 1. The Morgan fingerprint density at radius 1 is 1.10 bits per heavy atom. The van der Waals surface area contributed by atoms with Crippen LogP contribution < -0.4 is 10.5 Å². The van der Waals surface area contributed by atoms with Gasteiger partial charge in [0.15, 0.2) is 5.78 Å². The van der Waals surface area contributed by atoms with Gasteiger partial charge in [0.2, 0.25) is 5.88 Å². The van der Waals surface area contributed by atoms with Gasteiger partial charge in [-0.2, -0.15) is 5.26 Å². The van der Waals surface area contributed by atoms with Gasteiger partial charge < -0.3 is 15.2 Å². The molecule has 0 bridgehead atoms. The van der Waals surface area contributed by atoms with Crippen molar-refractivity contribution in [3.05, 3.63) is 82.9 Å². The fraction of sp³-hybridized carbons (Fsp3) is 0.250. The third-order valence-electron chi connectivity index (χ3n) is 5.25. The first-order valence-corrected chi connectivity index (χ1v) is 9.55. The molecule has 0 spiro atoms. The quantitative estimate of drug-likeness (QED) is 0.808. The Morgan fingerprint density at radius 3 is 2.55 bits per heavy atom. The predicted octanol–water partition coefficient (Wildman–Crippen LogP) is 4.93. The van der Waals surface area contributed by atoms with Gasteiger partial charge in [0, 0.05) is 18.4 Å². The Hall–Kier alpha value is -3.52. The van der Waals surface area contributed by atoms with Crippen LogP contribution in [0, 0.1) is 16.7 Å². The molecule has 0 saturated carbocycles. The minimum Gasteiger partial charge on any atom is -0.457 e. The molecular weight excluding hydrogens is 364 g/mol. The number of Topliss-reactive ketones (excluding diaryl/α,β-unsaturated/α-hetero) is 1. The van der Waals surface area contributed by atoms with Gasteiger partial charge in [-0.25, -0.2) is 0 Å². The minimum atomic E-state index is -0.549. The number of nitrogens with two attached hydrogens (primary N) is 1. The van der Waals surface area contributed by atoms with E-state index in [4.69, 9.17) is 15.2 Å². The van der Waals surface area contributed by atoms with Crippen molar-refractivity contribution in [3.8, 4) is 17.6 Å². The molecule has 1 aliphatic heterocycles. The zero-order chi connectivity index (χ0) is 20.6. The molecule has 2 aromatic rings. The molecule has 0 aromatic heterocycles. The largest absolute Gasteiger partial charge is 0.457 e. The fourth-order valence-electron chi connectivity index (χ4n) is 4.00. The van der Waals surface area contributed by atoms with Crippen LogP contribution in [0.15, 0.2) is 77.4 Å². The second-order valence-corrected chi connectivity index (χ2v) is 8.19. The summed E-state index contributed by atoms with van der Waals surface area (Å²) in [5.41, 5.74) is 7.44. The number of allylic oxidation sites excluding steroid dienone is 3. The van der Waals surface area contributed by atoms with Crippen LogP contribution in [0.3, 0.4) is 0 Å². The van der Waals surface area contributed by atoms with E-state index in [2.05, 4.69) is 6.07 Å². The molecule has 5 heteroatoms. The maximum absolute atomic E-state index is 13.0. The molecule has 2 N–H and O–H groups in total. The predicted molar refractivity (Wildman–Crippen MR) is 109 cm³/mol. The van der Waals surface area contributed by atoms with Gasteiger partial charge in [0.05, 0.1) is 5.92 Å². The topological polar surface area (TPSA) is 85.3 Å². The van der Waals surface area contributed by atoms with Crippen molar-refractivity contribution in [2.24, 2.45) is 11.1 Å². The number of nitriles is 1. The van der Waals surface area contributed by atoms with Crippen LogP contribution in [-0.4, -0.2) is 5.78 Å². The van der Waals surface area contributed by atoms with Crippen molar-refractivity contribution in [3.63, 3.8) is 0 Å². The summed E-state index contributed by atoms with van der Waals surface area (Å²) < 4.78 is 11.7. The van der Waals surface area contributed by atoms with Gasteiger partial charge >= 0.3 is 0 Å². The summed E-state index contributed by atoms with van der Waals surface area (Å²) in [6.07, 6.45) is 1.01. The number of carbonyl (C=O) groups is 1. The Labute approximate surface area is 170 Å². The number of para-hydroxylation sites is 1. The molecule has 0 amide bonds. The average molecular weight is 386 g/mol. The summed E-state index contributed by atoms with van der Waals surface area (Å²) in [5, 5.41) is 9.74. The van der Waals surface area contributed by atoms with Crippen LogP contribution in [0.2, 0.25) is 0 Å². The number of nitrogens with zero attached hydrogens (tertiary/aromatic N) is 1. The van der Waals surface area contributed by atoms with Gasteiger partial charge in [0.1, 0.15) is 28.9 Å². The van der Waals surface area contributed by atoms with E-state index in [0.717, 1.165) is 5.56 Å². The third kappa shape index (κ3) is 3.62. The number of ether oxygens (including phenoxy) is 2. The van der Waals surface area contributed by atoms with Crippen molar-refractivity contribution in [1.29, 1.82) is 5.26 Å². The zero-order valence-electron chi connectivity index (χ0n) is 16.4. The van der Waals surface area contributed by atoms with Gasteiger partial charge in [-0.3, -0.25) is 4.79 Å². The van der Waals surface area contributed by atoms with Gasteiger partial charge in [-0.1, -0.05) is 44.2 Å². The minimum absolute atomic E-state index is 0.00381. The van der Waals surface area contributed by atoms with Crippen LogP contribution in [0.1, 0.15) is 38.2 Å². The molecule has 1 atom stereocenters. The summed E-state index contributed by atoms with van der Waals surface area (Å²) in [4.78, 5) is 13.0. The average Bonchev–Trinajstić information content (AvgIpc) is 2.67. The summed E-state index contributed by atoms with van der Waals surface area (Å²) >= 11 is 0. The lowest BCUT2D eigenvalue weighted by Gasteiger charge is -2.37. The van der Waals surface area contributed by atoms with E-state index >= 15 is 0 Å². The zero-order valence-corrected chi connectivity index (χ0v) is 16.4. The first-order valence-electron chi connectivity index (χ1n) is 9.55. The Balaban J connectivity index is 1.78. The summed E-state index contributed by atoms with van der Waals surface area (Å²) in [6.45, 7) is 4.06. The van der Waals surface area contributed by atoms with Gasteiger partial charge in [-0.15, -0.1) is 0 Å². The highest BCUT2D eigenvalue weighted by Crippen LogP contribution is 2.48. The molecule has 146 valence electrons. The summed E-state index contributed by atoms with van der Waals surface area (Å²) in [7, 11) is 0. The first-order chi connectivity index (χ1) is 13.9. The normalized spacial score (nSPS) is 20.6. The molecule has 2 aliphatic rings. The van der Waals surface area contributed by atoms with Crippen LogP contribution in [0.5, 0.6) is 11.5 Å². The third-order valence-corrected chi connectivity index (χ3v) is 5.25. The van der Waals surface area contributed by atoms with Crippen LogP contribution in [0.25, 0.3) is 0 Å². The molecule has 5 nitrogen and oxygen atoms in total. The van der Waals surface area contributed by atoms with E-state index in [-0.39, 0.29) is 22.7 Å². The van der Waals surface area contributed by atoms with Crippen LogP contribution in [-0.2, 0) is 9.53 Å². The lowest BCUT2D eigenvalue weighted by Crippen LogP contribution is -2.33. The number of hydrogen-bond acceptors (Lipinski definition) is 5. The van der Waals surface area contributed by atoms with Crippen molar-refractivity contribution in [2.45, 2.75) is 32.6 Å². The fourth-order valence-corrected chi connectivity index (χ4v) is 4.00. The Kier molecular flexibility index (Phi) is 4.63. The molecule has 0 saturated heterocycles. The van der Waals surface area contributed by atoms with Crippen LogP contribution >= 0.6 is 0 Å². The summed E-state index contributed by atoms with van der Waals surface area (Å²) in [6, 6.07) is 19.0. The van der Waals surface area contributed by atoms with E-state index < -0.39 is 5.92 Å². The van der Waals surface area contributed by atoms with E-state index in [0.29, 0.717) is 35.7 Å². The van der Waals surface area contributed by atoms with E-state index in [9.17, 15) is 10.1 Å². The first kappa shape index (κ1) is 18.8. The molecular formula is C24H22N2O3.